The highest BCUT2D eigenvalue weighted by atomic mass is 19.1. The van der Waals surface area contributed by atoms with E-state index in [-0.39, 0.29) is 12.4 Å². The SMILES string of the molecule is Nc1ccc(F)cc1CN1CCC(CO)C1. The number of aliphatic hydroxyl groups is 1. The Labute approximate surface area is 94.7 Å². The molecule has 4 heteroatoms. The minimum absolute atomic E-state index is 0.231. The van der Waals surface area contributed by atoms with Gasteiger partial charge in [0.05, 0.1) is 0 Å². The van der Waals surface area contributed by atoms with Gasteiger partial charge in [0.15, 0.2) is 0 Å². The fourth-order valence-electron chi connectivity index (χ4n) is 2.16. The van der Waals surface area contributed by atoms with Crippen LogP contribution in [0.3, 0.4) is 0 Å². The molecule has 3 N–H and O–H groups in total. The molecule has 16 heavy (non-hydrogen) atoms. The Balaban J connectivity index is 2.01. The van der Waals surface area contributed by atoms with E-state index in [9.17, 15) is 4.39 Å². The van der Waals surface area contributed by atoms with E-state index in [1.165, 1.54) is 12.1 Å². The van der Waals surface area contributed by atoms with Gasteiger partial charge in [-0.15, -0.1) is 0 Å². The third-order valence-electron chi connectivity index (χ3n) is 3.13. The van der Waals surface area contributed by atoms with Crippen molar-refractivity contribution in [2.75, 3.05) is 25.4 Å². The zero-order valence-electron chi connectivity index (χ0n) is 9.19. The van der Waals surface area contributed by atoms with E-state index < -0.39 is 0 Å². The maximum Gasteiger partial charge on any atom is 0.123 e. The molecule has 1 fully saturated rings. The summed E-state index contributed by atoms with van der Waals surface area (Å²) < 4.78 is 13.0. The molecule has 1 atom stereocenters. The van der Waals surface area contributed by atoms with E-state index in [4.69, 9.17) is 10.8 Å². The van der Waals surface area contributed by atoms with Gasteiger partial charge in [-0.05, 0) is 42.6 Å². The highest BCUT2D eigenvalue weighted by Gasteiger charge is 2.22. The van der Waals surface area contributed by atoms with Crippen LogP contribution in [-0.2, 0) is 6.54 Å². The molecule has 3 nitrogen and oxygen atoms in total. The molecular formula is C12H17FN2O. The molecule has 0 saturated carbocycles. The number of hydrogen-bond donors (Lipinski definition) is 2. The molecule has 2 rings (SSSR count). The van der Waals surface area contributed by atoms with Crippen LogP contribution in [0.4, 0.5) is 10.1 Å². The molecule has 1 unspecified atom stereocenters. The number of likely N-dealkylation sites (tertiary alicyclic amines) is 1. The smallest absolute Gasteiger partial charge is 0.123 e. The fourth-order valence-corrected chi connectivity index (χ4v) is 2.16. The molecule has 0 aliphatic carbocycles. The maximum absolute atomic E-state index is 13.0. The summed E-state index contributed by atoms with van der Waals surface area (Å²) in [5, 5.41) is 9.04. The monoisotopic (exact) mass is 224 g/mol. The quantitative estimate of drug-likeness (QED) is 0.759. The van der Waals surface area contributed by atoms with E-state index in [1.54, 1.807) is 6.07 Å². The second kappa shape index (κ2) is 4.80. The Morgan fingerprint density at radius 1 is 1.50 bits per heavy atom. The number of aliphatic hydroxyl groups excluding tert-OH is 1. The van der Waals surface area contributed by atoms with Gasteiger partial charge >= 0.3 is 0 Å². The summed E-state index contributed by atoms with van der Waals surface area (Å²) in [7, 11) is 0. The minimum atomic E-state index is -0.248. The second-order valence-corrected chi connectivity index (χ2v) is 4.42. The van der Waals surface area contributed by atoms with Crippen molar-refractivity contribution in [1.82, 2.24) is 4.90 Å². The minimum Gasteiger partial charge on any atom is -0.398 e. The van der Waals surface area contributed by atoms with Gasteiger partial charge in [0.2, 0.25) is 0 Å². The fraction of sp³-hybridized carbons (Fsp3) is 0.500. The van der Waals surface area contributed by atoms with Crippen LogP contribution in [0.15, 0.2) is 18.2 Å². The van der Waals surface area contributed by atoms with E-state index >= 15 is 0 Å². The van der Waals surface area contributed by atoms with Gasteiger partial charge in [0.25, 0.3) is 0 Å². The molecule has 0 aromatic heterocycles. The first kappa shape index (κ1) is 11.4. The Morgan fingerprint density at radius 3 is 3.00 bits per heavy atom. The zero-order valence-corrected chi connectivity index (χ0v) is 9.19. The van der Waals surface area contributed by atoms with Gasteiger partial charge in [-0.25, -0.2) is 4.39 Å². The van der Waals surface area contributed by atoms with Crippen molar-refractivity contribution in [2.45, 2.75) is 13.0 Å². The Hall–Kier alpha value is -1.13. The van der Waals surface area contributed by atoms with Gasteiger partial charge in [0, 0.05) is 25.4 Å². The summed E-state index contributed by atoms with van der Waals surface area (Å²) in [6, 6.07) is 4.46. The largest absolute Gasteiger partial charge is 0.398 e. The number of hydrogen-bond acceptors (Lipinski definition) is 3. The van der Waals surface area contributed by atoms with E-state index in [2.05, 4.69) is 4.90 Å². The molecule has 1 aromatic rings. The van der Waals surface area contributed by atoms with Gasteiger partial charge in [-0.2, -0.15) is 0 Å². The predicted octanol–water partition coefficient (Wildman–Crippen LogP) is 1.22. The lowest BCUT2D eigenvalue weighted by molar-refractivity contribution is 0.220. The van der Waals surface area contributed by atoms with E-state index in [0.29, 0.717) is 18.2 Å². The number of rotatable bonds is 3. The van der Waals surface area contributed by atoms with Gasteiger partial charge < -0.3 is 10.8 Å². The third-order valence-corrected chi connectivity index (χ3v) is 3.13. The molecule has 0 bridgehead atoms. The highest BCUT2D eigenvalue weighted by Crippen LogP contribution is 2.21. The standard InChI is InChI=1S/C12H17FN2O/c13-11-1-2-12(14)10(5-11)7-15-4-3-9(6-15)8-16/h1-2,5,9,16H,3-4,6-8,14H2. The van der Waals surface area contributed by atoms with Crippen molar-refractivity contribution in [3.05, 3.63) is 29.6 Å². The second-order valence-electron chi connectivity index (χ2n) is 4.42. The number of nitrogens with zero attached hydrogens (tertiary/aromatic N) is 1. The van der Waals surface area contributed by atoms with Crippen molar-refractivity contribution in [2.24, 2.45) is 5.92 Å². The number of benzene rings is 1. The van der Waals surface area contributed by atoms with Crippen LogP contribution in [0.1, 0.15) is 12.0 Å². The molecule has 88 valence electrons. The molecule has 0 spiro atoms. The van der Waals surface area contributed by atoms with E-state index in [0.717, 1.165) is 25.1 Å². The first-order valence-corrected chi connectivity index (χ1v) is 5.56. The number of anilines is 1. The number of nitrogens with two attached hydrogens (primary N) is 1. The Bertz CT molecular complexity index is 370. The topological polar surface area (TPSA) is 49.5 Å². The lowest BCUT2D eigenvalue weighted by Gasteiger charge is -2.16. The van der Waals surface area contributed by atoms with Crippen molar-refractivity contribution in [3.63, 3.8) is 0 Å². The Morgan fingerprint density at radius 2 is 2.31 bits per heavy atom. The molecule has 0 radical (unpaired) electrons. The van der Waals surface area contributed by atoms with Crippen LogP contribution >= 0.6 is 0 Å². The van der Waals surface area contributed by atoms with Gasteiger partial charge in [-0.1, -0.05) is 0 Å². The molecule has 1 heterocycles. The van der Waals surface area contributed by atoms with Crippen LogP contribution in [0.5, 0.6) is 0 Å². The molecular weight excluding hydrogens is 207 g/mol. The summed E-state index contributed by atoms with van der Waals surface area (Å²) in [4.78, 5) is 2.20. The van der Waals surface area contributed by atoms with Crippen molar-refractivity contribution < 1.29 is 9.50 Å². The molecule has 1 aliphatic rings. The molecule has 1 aliphatic heterocycles. The maximum atomic E-state index is 13.0. The summed E-state index contributed by atoms with van der Waals surface area (Å²) in [6.07, 6.45) is 1.01. The lowest BCUT2D eigenvalue weighted by atomic mass is 10.1. The average molecular weight is 224 g/mol. The highest BCUT2D eigenvalue weighted by molar-refractivity contribution is 5.46. The van der Waals surface area contributed by atoms with Crippen LogP contribution in [-0.4, -0.2) is 29.7 Å². The summed E-state index contributed by atoms with van der Waals surface area (Å²) >= 11 is 0. The first-order chi connectivity index (χ1) is 7.69. The van der Waals surface area contributed by atoms with Crippen LogP contribution in [0.25, 0.3) is 0 Å². The molecule has 1 aromatic carbocycles. The van der Waals surface area contributed by atoms with Gasteiger partial charge in [0.1, 0.15) is 5.82 Å². The normalized spacial score (nSPS) is 21.5. The molecule has 1 saturated heterocycles. The van der Waals surface area contributed by atoms with Crippen molar-refractivity contribution in [1.29, 1.82) is 0 Å². The first-order valence-electron chi connectivity index (χ1n) is 5.56. The third kappa shape index (κ3) is 2.51. The average Bonchev–Trinajstić information content (AvgIpc) is 2.71. The Kier molecular flexibility index (Phi) is 3.41. The van der Waals surface area contributed by atoms with Crippen LogP contribution in [0.2, 0.25) is 0 Å². The molecule has 0 amide bonds. The van der Waals surface area contributed by atoms with Crippen molar-refractivity contribution >= 4 is 5.69 Å². The zero-order chi connectivity index (χ0) is 11.5. The van der Waals surface area contributed by atoms with E-state index in [1.807, 2.05) is 0 Å². The number of nitrogen functional groups attached to an aromatic ring is 1. The van der Waals surface area contributed by atoms with Crippen molar-refractivity contribution in [3.8, 4) is 0 Å². The van der Waals surface area contributed by atoms with Gasteiger partial charge in [-0.3, -0.25) is 4.90 Å². The van der Waals surface area contributed by atoms with Crippen LogP contribution < -0.4 is 5.73 Å². The predicted molar refractivity (Wildman–Crippen MR) is 61.3 cm³/mol. The summed E-state index contributed by atoms with van der Waals surface area (Å²) in [6.45, 7) is 2.71. The van der Waals surface area contributed by atoms with Crippen LogP contribution in [0, 0.1) is 11.7 Å². The summed E-state index contributed by atoms with van der Waals surface area (Å²) in [5.41, 5.74) is 7.26. The number of halogens is 1. The summed E-state index contributed by atoms with van der Waals surface area (Å²) in [5.74, 6) is 0.108. The lowest BCUT2D eigenvalue weighted by Crippen LogP contribution is -2.21.